The fourth-order valence-corrected chi connectivity index (χ4v) is 1.21. The number of hydrogen-bond donors (Lipinski definition) is 2. The van der Waals surface area contributed by atoms with Gasteiger partial charge in [0.2, 0.25) is 5.91 Å². The zero-order valence-electron chi connectivity index (χ0n) is 9.70. The summed E-state index contributed by atoms with van der Waals surface area (Å²) >= 11 is 0. The van der Waals surface area contributed by atoms with E-state index in [0.717, 1.165) is 0 Å². The van der Waals surface area contributed by atoms with Gasteiger partial charge in [-0.1, -0.05) is 0 Å². The maximum atomic E-state index is 13.0. The number of rotatable bonds is 4. The number of nitrogens with one attached hydrogen (secondary N) is 1. The van der Waals surface area contributed by atoms with E-state index in [1.807, 2.05) is 0 Å². The number of halogens is 2. The zero-order valence-corrected chi connectivity index (χ0v) is 10.5. The molecule has 0 aliphatic carbocycles. The first-order valence-corrected chi connectivity index (χ1v) is 4.86. The molecule has 1 atom stereocenters. The van der Waals surface area contributed by atoms with Gasteiger partial charge in [0.05, 0.1) is 6.61 Å². The van der Waals surface area contributed by atoms with Gasteiger partial charge in [0.1, 0.15) is 11.9 Å². The molecule has 0 fully saturated rings. The van der Waals surface area contributed by atoms with Gasteiger partial charge in [-0.05, 0) is 30.7 Å². The Balaban J connectivity index is 0.00000256. The molecule has 1 aromatic rings. The molecule has 0 bridgehead atoms. The normalized spacial score (nSPS) is 11.5. The molecule has 3 N–H and O–H groups in total. The summed E-state index contributed by atoms with van der Waals surface area (Å²) in [4.78, 5) is 11.5. The Bertz CT molecular complexity index is 388. The molecular formula is C11H16ClFN2O2. The summed E-state index contributed by atoms with van der Waals surface area (Å²) in [6.45, 7) is 1.77. The van der Waals surface area contributed by atoms with Gasteiger partial charge < -0.3 is 15.8 Å². The second-order valence-electron chi connectivity index (χ2n) is 3.52. The standard InChI is InChI=1S/C11H15FN2O2.ClH/c1-7-5-8(3-4-9(7)12)14-11(15)10(13)6-16-2;/h3-5,10H,6,13H2,1-2H3,(H,14,15);1H. The van der Waals surface area contributed by atoms with E-state index in [9.17, 15) is 9.18 Å². The predicted octanol–water partition coefficient (Wildman–Crippen LogP) is 1.47. The third kappa shape index (κ3) is 4.68. The molecule has 4 nitrogen and oxygen atoms in total. The Morgan fingerprint density at radius 3 is 2.76 bits per heavy atom. The minimum atomic E-state index is -0.727. The summed E-state index contributed by atoms with van der Waals surface area (Å²) in [5.41, 5.74) is 6.53. The van der Waals surface area contributed by atoms with Crippen molar-refractivity contribution in [1.29, 1.82) is 0 Å². The highest BCUT2D eigenvalue weighted by Crippen LogP contribution is 2.13. The first-order valence-electron chi connectivity index (χ1n) is 4.86. The van der Waals surface area contributed by atoms with Crippen molar-refractivity contribution in [3.63, 3.8) is 0 Å². The van der Waals surface area contributed by atoms with Crippen molar-refractivity contribution in [2.24, 2.45) is 5.73 Å². The third-order valence-corrected chi connectivity index (χ3v) is 2.11. The van der Waals surface area contributed by atoms with E-state index < -0.39 is 6.04 Å². The van der Waals surface area contributed by atoms with Crippen LogP contribution in [0.1, 0.15) is 5.56 Å². The molecule has 0 aliphatic heterocycles. The summed E-state index contributed by atoms with van der Waals surface area (Å²) in [6, 6.07) is 3.61. The van der Waals surface area contributed by atoms with Crippen LogP contribution in [0.25, 0.3) is 0 Å². The molecular weight excluding hydrogens is 247 g/mol. The van der Waals surface area contributed by atoms with Crippen molar-refractivity contribution >= 4 is 24.0 Å². The number of aryl methyl sites for hydroxylation is 1. The molecule has 0 heterocycles. The number of anilines is 1. The summed E-state index contributed by atoms with van der Waals surface area (Å²) in [6.07, 6.45) is 0. The van der Waals surface area contributed by atoms with Crippen molar-refractivity contribution < 1.29 is 13.9 Å². The number of ether oxygens (including phenoxy) is 1. The predicted molar refractivity (Wildman–Crippen MR) is 66.9 cm³/mol. The monoisotopic (exact) mass is 262 g/mol. The van der Waals surface area contributed by atoms with Crippen LogP contribution in [0.15, 0.2) is 18.2 Å². The Morgan fingerprint density at radius 2 is 2.24 bits per heavy atom. The van der Waals surface area contributed by atoms with Crippen molar-refractivity contribution in [3.05, 3.63) is 29.6 Å². The number of hydrogen-bond acceptors (Lipinski definition) is 3. The Hall–Kier alpha value is -1.17. The summed E-state index contributed by atoms with van der Waals surface area (Å²) in [5.74, 6) is -0.660. The minimum absolute atomic E-state index is 0. The number of nitrogens with two attached hydrogens (primary N) is 1. The molecule has 1 unspecified atom stereocenters. The van der Waals surface area contributed by atoms with Crippen LogP contribution in [0.3, 0.4) is 0 Å². The highest BCUT2D eigenvalue weighted by Gasteiger charge is 2.13. The van der Waals surface area contributed by atoms with Gasteiger partial charge in [-0.25, -0.2) is 4.39 Å². The largest absolute Gasteiger partial charge is 0.383 e. The lowest BCUT2D eigenvalue weighted by Gasteiger charge is -2.11. The molecule has 0 saturated heterocycles. The second kappa shape index (κ2) is 7.21. The van der Waals surface area contributed by atoms with Crippen LogP contribution in [0, 0.1) is 12.7 Å². The van der Waals surface area contributed by atoms with Crippen LogP contribution in [0.5, 0.6) is 0 Å². The van der Waals surface area contributed by atoms with E-state index in [0.29, 0.717) is 11.3 Å². The number of amides is 1. The van der Waals surface area contributed by atoms with Gasteiger partial charge in [0.15, 0.2) is 0 Å². The average Bonchev–Trinajstić information content (AvgIpc) is 2.24. The van der Waals surface area contributed by atoms with E-state index in [2.05, 4.69) is 5.32 Å². The zero-order chi connectivity index (χ0) is 12.1. The minimum Gasteiger partial charge on any atom is -0.383 e. The first kappa shape index (κ1) is 15.8. The molecule has 0 spiro atoms. The van der Waals surface area contributed by atoms with Crippen LogP contribution in [0.4, 0.5) is 10.1 Å². The van der Waals surface area contributed by atoms with Gasteiger partial charge in [-0.3, -0.25) is 4.79 Å². The van der Waals surface area contributed by atoms with E-state index in [1.165, 1.54) is 19.2 Å². The number of carbonyl (C=O) groups excluding carboxylic acids is 1. The van der Waals surface area contributed by atoms with Crippen molar-refractivity contribution in [2.75, 3.05) is 19.0 Å². The highest BCUT2D eigenvalue weighted by molar-refractivity contribution is 5.94. The van der Waals surface area contributed by atoms with E-state index in [-0.39, 0.29) is 30.7 Å². The van der Waals surface area contributed by atoms with Crippen LogP contribution in [-0.4, -0.2) is 25.7 Å². The maximum Gasteiger partial charge on any atom is 0.243 e. The van der Waals surface area contributed by atoms with Gasteiger partial charge in [-0.15, -0.1) is 12.4 Å². The van der Waals surface area contributed by atoms with Crippen molar-refractivity contribution in [3.8, 4) is 0 Å². The smallest absolute Gasteiger partial charge is 0.243 e. The van der Waals surface area contributed by atoms with Crippen LogP contribution >= 0.6 is 12.4 Å². The fourth-order valence-electron chi connectivity index (χ4n) is 1.21. The topological polar surface area (TPSA) is 64.3 Å². The van der Waals surface area contributed by atoms with E-state index in [4.69, 9.17) is 10.5 Å². The Labute approximate surface area is 106 Å². The van der Waals surface area contributed by atoms with Gasteiger partial charge in [-0.2, -0.15) is 0 Å². The quantitative estimate of drug-likeness (QED) is 0.864. The fraction of sp³-hybridized carbons (Fsp3) is 0.364. The van der Waals surface area contributed by atoms with Crippen LogP contribution in [0.2, 0.25) is 0 Å². The molecule has 17 heavy (non-hydrogen) atoms. The molecule has 1 aromatic carbocycles. The van der Waals surface area contributed by atoms with Gasteiger partial charge in [0.25, 0.3) is 0 Å². The summed E-state index contributed by atoms with van der Waals surface area (Å²) in [5, 5.41) is 2.58. The van der Waals surface area contributed by atoms with Crippen molar-refractivity contribution in [2.45, 2.75) is 13.0 Å². The maximum absolute atomic E-state index is 13.0. The van der Waals surface area contributed by atoms with E-state index >= 15 is 0 Å². The first-order chi connectivity index (χ1) is 7.54. The van der Waals surface area contributed by atoms with Crippen molar-refractivity contribution in [1.82, 2.24) is 0 Å². The molecule has 96 valence electrons. The molecule has 1 rings (SSSR count). The van der Waals surface area contributed by atoms with Gasteiger partial charge in [0, 0.05) is 12.8 Å². The highest BCUT2D eigenvalue weighted by atomic mass is 35.5. The number of carbonyl (C=O) groups is 1. The lowest BCUT2D eigenvalue weighted by Crippen LogP contribution is -2.39. The molecule has 1 amide bonds. The number of benzene rings is 1. The van der Waals surface area contributed by atoms with Gasteiger partial charge >= 0.3 is 0 Å². The SMILES string of the molecule is COCC(N)C(=O)Nc1ccc(F)c(C)c1.Cl. The average molecular weight is 263 g/mol. The molecule has 0 aromatic heterocycles. The molecule has 0 saturated carbocycles. The lowest BCUT2D eigenvalue weighted by atomic mass is 10.2. The molecule has 6 heteroatoms. The number of methoxy groups -OCH3 is 1. The molecule has 0 aliphatic rings. The summed E-state index contributed by atoms with van der Waals surface area (Å²) < 4.78 is 17.7. The lowest BCUT2D eigenvalue weighted by molar-refractivity contribution is -0.118. The Morgan fingerprint density at radius 1 is 1.59 bits per heavy atom. The second-order valence-corrected chi connectivity index (χ2v) is 3.52. The molecule has 0 radical (unpaired) electrons. The van der Waals surface area contributed by atoms with Crippen LogP contribution in [-0.2, 0) is 9.53 Å². The summed E-state index contributed by atoms with van der Waals surface area (Å²) in [7, 11) is 1.47. The Kier molecular flexibility index (Phi) is 6.72. The van der Waals surface area contributed by atoms with E-state index in [1.54, 1.807) is 13.0 Å². The third-order valence-electron chi connectivity index (χ3n) is 2.11. The van der Waals surface area contributed by atoms with Crippen LogP contribution < -0.4 is 11.1 Å².